The molecule has 0 aromatic heterocycles. The van der Waals surface area contributed by atoms with Gasteiger partial charge in [-0.15, -0.1) is 11.8 Å². The Hall–Kier alpha value is -2.72. The monoisotopic (exact) mass is 617 g/mol. The number of nitrogens with one attached hydrogen (secondary N) is 1. The fraction of sp³-hybridized carbons (Fsp3) is 0.286. The molecule has 1 aliphatic rings. The highest BCUT2D eigenvalue weighted by Gasteiger charge is 2.30. The summed E-state index contributed by atoms with van der Waals surface area (Å²) < 4.78 is 18.0. The van der Waals surface area contributed by atoms with Gasteiger partial charge in [-0.2, -0.15) is 0 Å². The first kappa shape index (κ1) is 26.3. The number of halogens is 1. The van der Waals surface area contributed by atoms with E-state index in [4.69, 9.17) is 14.2 Å². The minimum absolute atomic E-state index is 0.0870. The van der Waals surface area contributed by atoms with Crippen molar-refractivity contribution in [2.24, 2.45) is 0 Å². The summed E-state index contributed by atoms with van der Waals surface area (Å²) in [6.07, 6.45) is 3.12. The van der Waals surface area contributed by atoms with Gasteiger partial charge in [-0.05, 0) is 95.1 Å². The van der Waals surface area contributed by atoms with Crippen LogP contribution in [0.3, 0.4) is 0 Å². The van der Waals surface area contributed by atoms with E-state index in [9.17, 15) is 9.59 Å². The second-order valence-corrected chi connectivity index (χ2v) is 10.4. The number of amides is 1. The van der Waals surface area contributed by atoms with Crippen molar-refractivity contribution in [3.8, 4) is 28.4 Å². The molecule has 0 radical (unpaired) electrons. The van der Waals surface area contributed by atoms with Crippen molar-refractivity contribution in [3.05, 3.63) is 78.5 Å². The van der Waals surface area contributed by atoms with Gasteiger partial charge in [0.05, 0.1) is 37.8 Å². The van der Waals surface area contributed by atoms with Crippen LogP contribution in [0.2, 0.25) is 0 Å². The van der Waals surface area contributed by atoms with Gasteiger partial charge in [-0.3, -0.25) is 9.59 Å². The van der Waals surface area contributed by atoms with Gasteiger partial charge in [0.15, 0.2) is 16.9 Å². The molecule has 0 saturated heterocycles. The number of benzene rings is 2. The van der Waals surface area contributed by atoms with Crippen molar-refractivity contribution in [3.63, 3.8) is 0 Å². The first-order valence-electron chi connectivity index (χ1n) is 11.4. The van der Waals surface area contributed by atoms with Gasteiger partial charge in [-0.1, -0.05) is 18.2 Å². The average Bonchev–Trinajstić information content (AvgIpc) is 3.12. The largest absolute Gasteiger partial charge is 0.493 e. The first-order chi connectivity index (χ1) is 17.3. The molecule has 0 bridgehead atoms. The Morgan fingerprint density at radius 3 is 2.47 bits per heavy atom. The number of fused-ring (bicyclic) bond motifs is 3. The minimum atomic E-state index is -0.382. The van der Waals surface area contributed by atoms with Gasteiger partial charge in [0.2, 0.25) is 5.75 Å². The van der Waals surface area contributed by atoms with Gasteiger partial charge in [-0.25, -0.2) is 0 Å². The summed E-state index contributed by atoms with van der Waals surface area (Å²) in [6.45, 7) is 1.98. The van der Waals surface area contributed by atoms with E-state index < -0.39 is 0 Å². The summed E-state index contributed by atoms with van der Waals surface area (Å²) in [5, 5.41) is 3.21. The van der Waals surface area contributed by atoms with E-state index in [0.717, 1.165) is 31.4 Å². The SMILES string of the molecule is COc1cc2c(c(OC)c1OC)-c1ccc(SC)c(=O)cc1[C@@H](NC(=O)c1cccc(C)c1I)CC2. The molecule has 0 spiro atoms. The zero-order valence-corrected chi connectivity index (χ0v) is 23.8. The summed E-state index contributed by atoms with van der Waals surface area (Å²) in [5.41, 5.74) is 4.98. The van der Waals surface area contributed by atoms with Crippen LogP contribution < -0.4 is 25.0 Å². The zero-order valence-electron chi connectivity index (χ0n) is 20.9. The fourth-order valence-electron chi connectivity index (χ4n) is 4.68. The maximum atomic E-state index is 13.4. The predicted molar refractivity (Wildman–Crippen MR) is 152 cm³/mol. The van der Waals surface area contributed by atoms with Crippen molar-refractivity contribution in [1.82, 2.24) is 5.32 Å². The lowest BCUT2D eigenvalue weighted by molar-refractivity contribution is 0.0934. The summed E-state index contributed by atoms with van der Waals surface area (Å²) >= 11 is 3.60. The number of rotatable bonds is 6. The molecule has 1 N–H and O–H groups in total. The summed E-state index contributed by atoms with van der Waals surface area (Å²) in [5.74, 6) is 1.43. The van der Waals surface area contributed by atoms with Crippen molar-refractivity contribution in [2.45, 2.75) is 30.7 Å². The second kappa shape index (κ2) is 11.1. The number of carbonyl (C=O) groups excluding carboxylic acids is 1. The number of hydrogen-bond acceptors (Lipinski definition) is 6. The summed E-state index contributed by atoms with van der Waals surface area (Å²) in [4.78, 5) is 27.2. The molecule has 3 aromatic carbocycles. The Balaban J connectivity index is 1.94. The Morgan fingerprint density at radius 1 is 1.06 bits per heavy atom. The molecule has 8 heteroatoms. The van der Waals surface area contributed by atoms with Gasteiger partial charge in [0, 0.05) is 9.13 Å². The molecular formula is C28H28INO5S. The topological polar surface area (TPSA) is 73.9 Å². The number of hydrogen-bond donors (Lipinski definition) is 1. The number of methoxy groups -OCH3 is 3. The summed E-state index contributed by atoms with van der Waals surface area (Å²) in [7, 11) is 4.76. The Bertz CT molecular complexity index is 1390. The third-order valence-corrected chi connectivity index (χ3v) is 8.67. The predicted octanol–water partition coefficient (Wildman–Crippen LogP) is 5.79. The molecule has 1 aliphatic carbocycles. The van der Waals surface area contributed by atoms with Crippen LogP contribution in [0.15, 0.2) is 52.2 Å². The van der Waals surface area contributed by atoms with E-state index in [1.165, 1.54) is 11.8 Å². The van der Waals surface area contributed by atoms with E-state index >= 15 is 0 Å². The highest BCUT2D eigenvalue weighted by molar-refractivity contribution is 14.1. The van der Waals surface area contributed by atoms with Gasteiger partial charge in [0.1, 0.15) is 0 Å². The smallest absolute Gasteiger partial charge is 0.252 e. The molecule has 36 heavy (non-hydrogen) atoms. The number of thioether (sulfide) groups is 1. The molecule has 0 fully saturated rings. The third kappa shape index (κ3) is 4.80. The highest BCUT2D eigenvalue weighted by atomic mass is 127. The van der Waals surface area contributed by atoms with Crippen molar-refractivity contribution in [1.29, 1.82) is 0 Å². The van der Waals surface area contributed by atoms with Crippen LogP contribution >= 0.6 is 34.4 Å². The van der Waals surface area contributed by atoms with Crippen LogP contribution in [0, 0.1) is 10.5 Å². The Morgan fingerprint density at radius 2 is 1.81 bits per heavy atom. The van der Waals surface area contributed by atoms with Crippen LogP contribution in [0.1, 0.15) is 39.5 Å². The molecule has 4 rings (SSSR count). The molecule has 188 valence electrons. The lowest BCUT2D eigenvalue weighted by atomic mass is 9.95. The van der Waals surface area contributed by atoms with Gasteiger partial charge >= 0.3 is 0 Å². The molecular weight excluding hydrogens is 589 g/mol. The quantitative estimate of drug-likeness (QED) is 0.279. The van der Waals surface area contributed by atoms with E-state index in [1.807, 2.05) is 49.6 Å². The lowest BCUT2D eigenvalue weighted by Gasteiger charge is -2.20. The number of aryl methyl sites for hydroxylation is 2. The second-order valence-electron chi connectivity index (χ2n) is 8.46. The Labute approximate surface area is 228 Å². The van der Waals surface area contributed by atoms with Crippen LogP contribution in [0.25, 0.3) is 11.1 Å². The van der Waals surface area contributed by atoms with E-state index in [0.29, 0.717) is 40.5 Å². The standard InChI is InChI=1S/C28H28INO5S/c1-15-7-6-8-18(25(15)29)28(32)30-20-11-9-16-13-22(33-2)26(34-3)27(35-4)24(16)17-10-12-23(36-5)21(31)14-19(17)20/h6-8,10,12-14,20H,9,11H2,1-5H3,(H,30,32)/t20-/m0/s1. The minimum Gasteiger partial charge on any atom is -0.493 e. The maximum absolute atomic E-state index is 13.4. The summed E-state index contributed by atoms with van der Waals surface area (Å²) in [6, 6.07) is 12.7. The van der Waals surface area contributed by atoms with Crippen LogP contribution in [0.4, 0.5) is 0 Å². The number of carbonyl (C=O) groups is 1. The van der Waals surface area contributed by atoms with Gasteiger partial charge in [0.25, 0.3) is 5.91 Å². The van der Waals surface area contributed by atoms with E-state index in [-0.39, 0.29) is 17.4 Å². The van der Waals surface area contributed by atoms with E-state index in [1.54, 1.807) is 27.4 Å². The average molecular weight is 618 g/mol. The van der Waals surface area contributed by atoms with Crippen LogP contribution in [-0.4, -0.2) is 33.5 Å². The lowest BCUT2D eigenvalue weighted by Crippen LogP contribution is -2.29. The Kier molecular flexibility index (Phi) is 8.14. The zero-order chi connectivity index (χ0) is 26.0. The molecule has 0 heterocycles. The van der Waals surface area contributed by atoms with Crippen molar-refractivity contribution < 1.29 is 19.0 Å². The normalized spacial score (nSPS) is 14.2. The molecule has 0 unspecified atom stereocenters. The van der Waals surface area contributed by atoms with E-state index in [2.05, 4.69) is 27.9 Å². The first-order valence-corrected chi connectivity index (χ1v) is 13.7. The molecule has 0 aliphatic heterocycles. The molecule has 1 atom stereocenters. The molecule has 1 amide bonds. The molecule has 6 nitrogen and oxygen atoms in total. The number of ether oxygens (including phenoxy) is 3. The fourth-order valence-corrected chi connectivity index (χ4v) is 5.74. The van der Waals surface area contributed by atoms with Crippen molar-refractivity contribution >= 4 is 40.3 Å². The molecule has 3 aromatic rings. The highest BCUT2D eigenvalue weighted by Crippen LogP contribution is 2.50. The van der Waals surface area contributed by atoms with Crippen molar-refractivity contribution in [2.75, 3.05) is 27.6 Å². The van der Waals surface area contributed by atoms with Gasteiger partial charge < -0.3 is 19.5 Å². The molecule has 0 saturated carbocycles. The van der Waals surface area contributed by atoms with Crippen LogP contribution in [-0.2, 0) is 6.42 Å². The maximum Gasteiger partial charge on any atom is 0.252 e. The third-order valence-electron chi connectivity index (χ3n) is 6.46. The van der Waals surface area contributed by atoms with Crippen LogP contribution in [0.5, 0.6) is 17.2 Å².